The standard InChI is InChI=1S/C19H16ClN3O3S/c1-11-6-5-7-12(2)17(11)14-10-16(20)23-19(22-14)27(21,26)15-9-4-3-8-13(15)18(24)25/h3-10,21H,1-2H3,(H,24,25). The first-order chi connectivity index (χ1) is 12.7. The number of carboxylic acids is 1. The lowest BCUT2D eigenvalue weighted by molar-refractivity contribution is 0.0693. The maximum atomic E-state index is 13.2. The first-order valence-electron chi connectivity index (χ1n) is 7.94. The molecule has 8 heteroatoms. The highest BCUT2D eigenvalue weighted by Gasteiger charge is 2.25. The van der Waals surface area contributed by atoms with Gasteiger partial charge in [0.15, 0.2) is 0 Å². The fraction of sp³-hybridized carbons (Fsp3) is 0.105. The highest BCUT2D eigenvalue weighted by atomic mass is 35.5. The molecule has 27 heavy (non-hydrogen) atoms. The molecule has 3 aromatic rings. The van der Waals surface area contributed by atoms with E-state index in [0.29, 0.717) is 5.69 Å². The molecule has 0 saturated carbocycles. The first-order valence-corrected chi connectivity index (χ1v) is 9.87. The lowest BCUT2D eigenvalue weighted by Gasteiger charge is -2.13. The van der Waals surface area contributed by atoms with Crippen LogP contribution in [0.5, 0.6) is 0 Å². The molecule has 6 nitrogen and oxygen atoms in total. The van der Waals surface area contributed by atoms with Gasteiger partial charge in [-0.3, -0.25) is 0 Å². The van der Waals surface area contributed by atoms with E-state index in [2.05, 4.69) is 9.97 Å². The van der Waals surface area contributed by atoms with Crippen LogP contribution in [0.1, 0.15) is 21.5 Å². The van der Waals surface area contributed by atoms with Gasteiger partial charge in [0, 0.05) is 11.6 Å². The number of benzene rings is 2. The zero-order valence-electron chi connectivity index (χ0n) is 14.6. The monoisotopic (exact) mass is 401 g/mol. The fourth-order valence-electron chi connectivity index (χ4n) is 2.86. The normalized spacial score (nSPS) is 13.1. The number of nitrogens with one attached hydrogen (secondary N) is 1. The maximum Gasteiger partial charge on any atom is 0.336 e. The van der Waals surface area contributed by atoms with Crippen molar-refractivity contribution in [3.63, 3.8) is 0 Å². The van der Waals surface area contributed by atoms with Crippen molar-refractivity contribution in [1.82, 2.24) is 9.97 Å². The minimum Gasteiger partial charge on any atom is -0.478 e. The van der Waals surface area contributed by atoms with Crippen LogP contribution in [-0.4, -0.2) is 25.3 Å². The van der Waals surface area contributed by atoms with Crippen LogP contribution in [0.2, 0.25) is 5.15 Å². The predicted octanol–water partition coefficient (Wildman–Crippen LogP) is 4.58. The molecule has 138 valence electrons. The number of nitrogens with zero attached hydrogens (tertiary/aromatic N) is 2. The Labute approximate surface area is 161 Å². The molecule has 2 N–H and O–H groups in total. The van der Waals surface area contributed by atoms with Gasteiger partial charge in [-0.15, -0.1) is 0 Å². The SMILES string of the molecule is Cc1cccc(C)c1-c1cc(Cl)nc(S(=N)(=O)c2ccccc2C(=O)O)n1. The summed E-state index contributed by atoms with van der Waals surface area (Å²) in [6, 6.07) is 12.9. The molecule has 1 atom stereocenters. The van der Waals surface area contributed by atoms with Gasteiger partial charge in [-0.2, -0.15) is 0 Å². The number of hydrogen-bond donors (Lipinski definition) is 2. The summed E-state index contributed by atoms with van der Waals surface area (Å²) < 4.78 is 21.6. The van der Waals surface area contributed by atoms with E-state index >= 15 is 0 Å². The van der Waals surface area contributed by atoms with E-state index < -0.39 is 15.7 Å². The van der Waals surface area contributed by atoms with Crippen LogP contribution in [0, 0.1) is 18.6 Å². The largest absolute Gasteiger partial charge is 0.478 e. The third-order valence-electron chi connectivity index (χ3n) is 4.10. The van der Waals surface area contributed by atoms with Crippen LogP contribution in [-0.2, 0) is 9.73 Å². The molecule has 0 saturated heterocycles. The molecule has 1 heterocycles. The Balaban J connectivity index is 2.25. The summed E-state index contributed by atoms with van der Waals surface area (Å²) in [6.07, 6.45) is 0. The topological polar surface area (TPSA) is 104 Å². The second kappa shape index (κ2) is 7.09. The lowest BCUT2D eigenvalue weighted by Crippen LogP contribution is -2.12. The molecule has 0 bridgehead atoms. The number of halogens is 1. The molecule has 3 rings (SSSR count). The number of aryl methyl sites for hydroxylation is 2. The van der Waals surface area contributed by atoms with Crippen molar-refractivity contribution in [2.24, 2.45) is 0 Å². The number of carboxylic acid groups (broad SMARTS) is 1. The summed E-state index contributed by atoms with van der Waals surface area (Å²) in [4.78, 5) is 19.6. The van der Waals surface area contributed by atoms with E-state index in [1.807, 2.05) is 32.0 Å². The van der Waals surface area contributed by atoms with Crippen molar-refractivity contribution in [2.45, 2.75) is 23.9 Å². The van der Waals surface area contributed by atoms with Crippen LogP contribution in [0.3, 0.4) is 0 Å². The van der Waals surface area contributed by atoms with Crippen LogP contribution in [0.15, 0.2) is 58.6 Å². The van der Waals surface area contributed by atoms with E-state index in [0.717, 1.165) is 16.7 Å². The Hall–Kier alpha value is -2.77. The van der Waals surface area contributed by atoms with Gasteiger partial charge in [0.05, 0.1) is 16.2 Å². The number of carbonyl (C=O) groups is 1. The van der Waals surface area contributed by atoms with Crippen molar-refractivity contribution in [1.29, 1.82) is 4.78 Å². The van der Waals surface area contributed by atoms with Crippen molar-refractivity contribution >= 4 is 27.3 Å². The number of aromatic nitrogens is 2. The van der Waals surface area contributed by atoms with Gasteiger partial charge in [0.2, 0.25) is 5.16 Å². The van der Waals surface area contributed by atoms with Crippen molar-refractivity contribution in [3.8, 4) is 11.3 Å². The average Bonchev–Trinajstić information content (AvgIpc) is 2.61. The third-order valence-corrected chi connectivity index (χ3v) is 5.96. The Bertz CT molecular complexity index is 1140. The van der Waals surface area contributed by atoms with Crippen LogP contribution >= 0.6 is 11.6 Å². The van der Waals surface area contributed by atoms with Gasteiger partial charge in [0.25, 0.3) is 0 Å². The Morgan fingerprint density at radius 3 is 2.33 bits per heavy atom. The Morgan fingerprint density at radius 2 is 1.70 bits per heavy atom. The number of hydrogen-bond acceptors (Lipinski definition) is 5. The summed E-state index contributed by atoms with van der Waals surface area (Å²) in [6.45, 7) is 3.82. The van der Waals surface area contributed by atoms with E-state index in [-0.39, 0.29) is 20.8 Å². The van der Waals surface area contributed by atoms with Crippen LogP contribution in [0.25, 0.3) is 11.3 Å². The minimum absolute atomic E-state index is 0.0328. The molecule has 0 spiro atoms. The average molecular weight is 402 g/mol. The van der Waals surface area contributed by atoms with Crippen molar-refractivity contribution < 1.29 is 14.1 Å². The summed E-state index contributed by atoms with van der Waals surface area (Å²) in [7, 11) is -3.78. The van der Waals surface area contributed by atoms with Crippen molar-refractivity contribution in [2.75, 3.05) is 0 Å². The lowest BCUT2D eigenvalue weighted by atomic mass is 10.0. The zero-order valence-corrected chi connectivity index (χ0v) is 16.1. The Kier molecular flexibility index (Phi) is 4.99. The molecule has 0 amide bonds. The molecule has 0 aliphatic heterocycles. The minimum atomic E-state index is -3.78. The molecule has 0 aliphatic carbocycles. The smallest absolute Gasteiger partial charge is 0.336 e. The highest BCUT2D eigenvalue weighted by Crippen LogP contribution is 2.30. The number of rotatable bonds is 4. The zero-order chi connectivity index (χ0) is 19.8. The van der Waals surface area contributed by atoms with Crippen molar-refractivity contribution in [3.05, 3.63) is 70.4 Å². The summed E-state index contributed by atoms with van der Waals surface area (Å²) in [5.74, 6) is -1.28. The van der Waals surface area contributed by atoms with E-state index in [4.69, 9.17) is 16.4 Å². The summed E-state index contributed by atoms with van der Waals surface area (Å²) >= 11 is 6.12. The molecule has 1 unspecified atom stereocenters. The second-order valence-corrected chi connectivity index (χ2v) is 8.29. The Morgan fingerprint density at radius 1 is 1.07 bits per heavy atom. The van der Waals surface area contributed by atoms with Gasteiger partial charge >= 0.3 is 5.97 Å². The molecule has 2 aromatic carbocycles. The maximum absolute atomic E-state index is 13.2. The second-order valence-electron chi connectivity index (χ2n) is 5.98. The molecule has 0 fully saturated rings. The van der Waals surface area contributed by atoms with Crippen LogP contribution in [0.4, 0.5) is 0 Å². The molecule has 0 radical (unpaired) electrons. The molecule has 1 aromatic heterocycles. The van der Waals surface area contributed by atoms with Crippen LogP contribution < -0.4 is 0 Å². The quantitative estimate of drug-likeness (QED) is 0.492. The van der Waals surface area contributed by atoms with E-state index in [1.165, 1.54) is 24.3 Å². The molecular weight excluding hydrogens is 386 g/mol. The molecular formula is C19H16ClN3O3S. The first kappa shape index (κ1) is 19.0. The third kappa shape index (κ3) is 3.56. The van der Waals surface area contributed by atoms with Gasteiger partial charge in [-0.05, 0) is 37.1 Å². The fourth-order valence-corrected chi connectivity index (χ4v) is 4.48. The summed E-state index contributed by atoms with van der Waals surface area (Å²) in [5, 5.41) is 9.07. The number of aromatic carboxylic acids is 1. The molecule has 0 aliphatic rings. The van der Waals surface area contributed by atoms with Gasteiger partial charge in [0.1, 0.15) is 14.9 Å². The van der Waals surface area contributed by atoms with E-state index in [9.17, 15) is 14.1 Å². The van der Waals surface area contributed by atoms with Gasteiger partial charge < -0.3 is 5.11 Å². The highest BCUT2D eigenvalue weighted by molar-refractivity contribution is 7.92. The predicted molar refractivity (Wildman–Crippen MR) is 103 cm³/mol. The summed E-state index contributed by atoms with van der Waals surface area (Å²) in [5.41, 5.74) is 2.91. The van der Waals surface area contributed by atoms with Gasteiger partial charge in [-0.25, -0.2) is 23.8 Å². The van der Waals surface area contributed by atoms with E-state index in [1.54, 1.807) is 6.07 Å². The van der Waals surface area contributed by atoms with Gasteiger partial charge in [-0.1, -0.05) is 41.9 Å².